The van der Waals surface area contributed by atoms with E-state index in [9.17, 15) is 0 Å². The van der Waals surface area contributed by atoms with Crippen LogP contribution in [-0.2, 0) is 0 Å². The number of hydrogen-bond acceptors (Lipinski definition) is 3. The normalized spacial score (nSPS) is 10.9. The summed E-state index contributed by atoms with van der Waals surface area (Å²) in [6, 6.07) is 12.3. The van der Waals surface area contributed by atoms with Crippen molar-refractivity contribution in [1.29, 1.82) is 0 Å². The Bertz CT molecular complexity index is 483. The molecule has 1 aromatic heterocycles. The van der Waals surface area contributed by atoms with Gasteiger partial charge in [0.2, 0.25) is 0 Å². The molecule has 1 aromatic carbocycles. The highest BCUT2D eigenvalue weighted by molar-refractivity contribution is 7.13. The molecule has 0 atom stereocenters. The summed E-state index contributed by atoms with van der Waals surface area (Å²) < 4.78 is 0. The van der Waals surface area contributed by atoms with Gasteiger partial charge in [-0.05, 0) is 38.1 Å². The molecule has 0 bridgehead atoms. The predicted molar refractivity (Wildman–Crippen MR) is 71.5 cm³/mol. The number of nitrogens with zero attached hydrogens (tertiary/aromatic N) is 1. The third kappa shape index (κ3) is 2.94. The van der Waals surface area contributed by atoms with Gasteiger partial charge in [-0.2, -0.15) is 5.10 Å². The van der Waals surface area contributed by atoms with E-state index >= 15 is 0 Å². The van der Waals surface area contributed by atoms with Gasteiger partial charge >= 0.3 is 0 Å². The average Bonchev–Trinajstić information content (AvgIpc) is 2.67. The van der Waals surface area contributed by atoms with E-state index in [0.29, 0.717) is 0 Å². The molecule has 1 heterocycles. The summed E-state index contributed by atoms with van der Waals surface area (Å²) in [6.45, 7) is 4.16. The van der Waals surface area contributed by atoms with Crippen LogP contribution in [0.5, 0.6) is 0 Å². The molecule has 82 valence electrons. The van der Waals surface area contributed by atoms with Gasteiger partial charge in [-0.15, -0.1) is 11.3 Å². The Kier molecular flexibility index (Phi) is 3.37. The molecule has 2 aromatic rings. The monoisotopic (exact) mass is 230 g/mol. The molecule has 0 fully saturated rings. The molecule has 0 saturated carbocycles. The lowest BCUT2D eigenvalue weighted by Crippen LogP contribution is -1.88. The van der Waals surface area contributed by atoms with Crippen molar-refractivity contribution in [2.45, 2.75) is 13.8 Å². The summed E-state index contributed by atoms with van der Waals surface area (Å²) in [5, 5.41) is 4.19. The van der Waals surface area contributed by atoms with Gasteiger partial charge in [0, 0.05) is 9.75 Å². The fraction of sp³-hybridized carbons (Fsp3) is 0.154. The summed E-state index contributed by atoms with van der Waals surface area (Å²) in [7, 11) is 0. The van der Waals surface area contributed by atoms with Crippen molar-refractivity contribution in [1.82, 2.24) is 0 Å². The summed E-state index contributed by atoms with van der Waals surface area (Å²) in [6.07, 6.45) is 1.84. The predicted octanol–water partition coefficient (Wildman–Crippen LogP) is 3.81. The van der Waals surface area contributed by atoms with Gasteiger partial charge < -0.3 is 0 Å². The van der Waals surface area contributed by atoms with Crippen LogP contribution < -0.4 is 5.43 Å². The van der Waals surface area contributed by atoms with E-state index in [1.807, 2.05) is 18.3 Å². The number of benzene rings is 1. The summed E-state index contributed by atoms with van der Waals surface area (Å²) in [5.74, 6) is 0. The van der Waals surface area contributed by atoms with E-state index in [4.69, 9.17) is 0 Å². The first-order valence-corrected chi connectivity index (χ1v) is 5.98. The van der Waals surface area contributed by atoms with Gasteiger partial charge in [-0.3, -0.25) is 5.43 Å². The topological polar surface area (TPSA) is 24.4 Å². The standard InChI is InChI=1S/C13H14N2S/c1-10-3-6-12(7-4-10)15-14-9-13-8-5-11(2)16-13/h3-9,15H,1-2H3/b14-9+. The molecule has 1 N–H and O–H groups in total. The summed E-state index contributed by atoms with van der Waals surface area (Å²) >= 11 is 1.74. The highest BCUT2D eigenvalue weighted by Gasteiger charge is 1.92. The quantitative estimate of drug-likeness (QED) is 0.629. The van der Waals surface area contributed by atoms with Crippen molar-refractivity contribution < 1.29 is 0 Å². The van der Waals surface area contributed by atoms with Gasteiger partial charge in [0.15, 0.2) is 0 Å². The zero-order valence-corrected chi connectivity index (χ0v) is 10.2. The van der Waals surface area contributed by atoms with Gasteiger partial charge in [0.1, 0.15) is 0 Å². The minimum absolute atomic E-state index is 1.01. The number of hydrazone groups is 1. The second-order valence-corrected chi connectivity index (χ2v) is 5.00. The van der Waals surface area contributed by atoms with E-state index in [2.05, 4.69) is 48.6 Å². The highest BCUT2D eigenvalue weighted by atomic mass is 32.1. The number of aryl methyl sites for hydroxylation is 2. The fourth-order valence-corrected chi connectivity index (χ4v) is 2.07. The minimum Gasteiger partial charge on any atom is -0.278 e. The summed E-state index contributed by atoms with van der Waals surface area (Å²) in [4.78, 5) is 2.47. The average molecular weight is 230 g/mol. The van der Waals surface area contributed by atoms with E-state index in [-0.39, 0.29) is 0 Å². The third-order valence-corrected chi connectivity index (χ3v) is 3.13. The van der Waals surface area contributed by atoms with Crippen molar-refractivity contribution in [3.8, 4) is 0 Å². The molecular weight excluding hydrogens is 216 g/mol. The Balaban J connectivity index is 1.97. The SMILES string of the molecule is Cc1ccc(N/N=C/c2ccc(C)s2)cc1. The van der Waals surface area contributed by atoms with E-state index in [1.165, 1.54) is 10.4 Å². The molecular formula is C13H14N2S. The number of thiophene rings is 1. The van der Waals surface area contributed by atoms with Crippen LogP contribution >= 0.6 is 11.3 Å². The smallest absolute Gasteiger partial charge is 0.0644 e. The maximum Gasteiger partial charge on any atom is 0.0644 e. The van der Waals surface area contributed by atoms with E-state index < -0.39 is 0 Å². The maximum atomic E-state index is 4.19. The van der Waals surface area contributed by atoms with Crippen LogP contribution in [0, 0.1) is 13.8 Å². The zero-order valence-electron chi connectivity index (χ0n) is 9.40. The van der Waals surface area contributed by atoms with Crippen LogP contribution in [0.3, 0.4) is 0 Å². The van der Waals surface area contributed by atoms with E-state index in [0.717, 1.165) is 10.6 Å². The Labute approximate surface area is 99.6 Å². The molecule has 2 rings (SSSR count). The Morgan fingerprint density at radius 3 is 2.44 bits per heavy atom. The largest absolute Gasteiger partial charge is 0.278 e. The molecule has 0 spiro atoms. The van der Waals surface area contributed by atoms with Crippen molar-refractivity contribution in [3.63, 3.8) is 0 Å². The molecule has 0 aliphatic heterocycles. The third-order valence-electron chi connectivity index (χ3n) is 2.20. The van der Waals surface area contributed by atoms with E-state index in [1.54, 1.807) is 11.3 Å². The second kappa shape index (κ2) is 4.94. The van der Waals surface area contributed by atoms with Gasteiger partial charge in [0.05, 0.1) is 11.9 Å². The van der Waals surface area contributed by atoms with Crippen LogP contribution in [-0.4, -0.2) is 6.21 Å². The van der Waals surface area contributed by atoms with Crippen LogP contribution in [0.1, 0.15) is 15.3 Å². The first-order valence-electron chi connectivity index (χ1n) is 5.16. The van der Waals surface area contributed by atoms with Crippen LogP contribution in [0.15, 0.2) is 41.5 Å². The number of hydrogen-bond donors (Lipinski definition) is 1. The number of rotatable bonds is 3. The van der Waals surface area contributed by atoms with Crippen molar-refractivity contribution in [2.75, 3.05) is 5.43 Å². The molecule has 0 aliphatic carbocycles. The molecule has 3 heteroatoms. The Morgan fingerprint density at radius 1 is 1.06 bits per heavy atom. The summed E-state index contributed by atoms with van der Waals surface area (Å²) in [5.41, 5.74) is 5.27. The highest BCUT2D eigenvalue weighted by Crippen LogP contribution is 2.13. The van der Waals surface area contributed by atoms with Crippen LogP contribution in [0.25, 0.3) is 0 Å². The zero-order chi connectivity index (χ0) is 11.4. The van der Waals surface area contributed by atoms with Crippen LogP contribution in [0.2, 0.25) is 0 Å². The number of anilines is 1. The van der Waals surface area contributed by atoms with Crippen molar-refractivity contribution in [3.05, 3.63) is 51.7 Å². The molecule has 0 radical (unpaired) electrons. The Hall–Kier alpha value is -1.61. The number of nitrogens with one attached hydrogen (secondary N) is 1. The lowest BCUT2D eigenvalue weighted by atomic mass is 10.2. The molecule has 0 saturated heterocycles. The lowest BCUT2D eigenvalue weighted by molar-refractivity contribution is 1.34. The second-order valence-electron chi connectivity index (χ2n) is 3.68. The van der Waals surface area contributed by atoms with Crippen LogP contribution in [0.4, 0.5) is 5.69 Å². The molecule has 16 heavy (non-hydrogen) atoms. The molecule has 0 unspecified atom stereocenters. The minimum atomic E-state index is 1.01. The first-order chi connectivity index (χ1) is 7.74. The van der Waals surface area contributed by atoms with Gasteiger partial charge in [-0.25, -0.2) is 0 Å². The molecule has 0 amide bonds. The van der Waals surface area contributed by atoms with Gasteiger partial charge in [-0.1, -0.05) is 17.7 Å². The molecule has 2 nitrogen and oxygen atoms in total. The Morgan fingerprint density at radius 2 is 1.81 bits per heavy atom. The fourth-order valence-electron chi connectivity index (χ4n) is 1.32. The van der Waals surface area contributed by atoms with Crippen molar-refractivity contribution >= 4 is 23.2 Å². The van der Waals surface area contributed by atoms with Gasteiger partial charge in [0.25, 0.3) is 0 Å². The lowest BCUT2D eigenvalue weighted by Gasteiger charge is -1.99. The van der Waals surface area contributed by atoms with Crippen molar-refractivity contribution in [2.24, 2.45) is 5.10 Å². The molecule has 0 aliphatic rings. The first kappa shape index (κ1) is 10.9. The maximum absolute atomic E-state index is 4.19.